The molecule has 0 bridgehead atoms. The summed E-state index contributed by atoms with van der Waals surface area (Å²) in [6, 6.07) is 6.69. The summed E-state index contributed by atoms with van der Waals surface area (Å²) in [5.41, 5.74) is 0.691. The molecule has 0 saturated carbocycles. The fourth-order valence-electron chi connectivity index (χ4n) is 2.92. The van der Waals surface area contributed by atoms with E-state index < -0.39 is 0 Å². The van der Waals surface area contributed by atoms with Crippen molar-refractivity contribution < 1.29 is 9.72 Å². The number of nitro groups is 1. The topological polar surface area (TPSA) is 97.4 Å². The highest BCUT2D eigenvalue weighted by atomic mass is 32.2. The maximum Gasteiger partial charge on any atom is 0.292 e. The summed E-state index contributed by atoms with van der Waals surface area (Å²) in [5, 5.41) is 19.8. The van der Waals surface area contributed by atoms with Crippen LogP contribution in [0.1, 0.15) is 0 Å². The van der Waals surface area contributed by atoms with Crippen molar-refractivity contribution in [2.75, 3.05) is 36.8 Å². The second kappa shape index (κ2) is 8.67. The lowest BCUT2D eigenvalue weighted by Gasteiger charge is -2.35. The van der Waals surface area contributed by atoms with E-state index in [0.717, 1.165) is 0 Å². The molecule has 0 aliphatic carbocycles. The van der Waals surface area contributed by atoms with Gasteiger partial charge in [0.1, 0.15) is 12.0 Å². The Balaban J connectivity index is 1.54. The Morgan fingerprint density at radius 1 is 1.30 bits per heavy atom. The third-order valence-corrected chi connectivity index (χ3v) is 5.25. The molecule has 1 aromatic heterocycles. The van der Waals surface area contributed by atoms with Crippen LogP contribution in [0.5, 0.6) is 0 Å². The largest absolute Gasteiger partial charge is 0.362 e. The van der Waals surface area contributed by atoms with Gasteiger partial charge in [0.15, 0.2) is 5.16 Å². The molecule has 3 rings (SSSR count). The molecule has 10 heteroatoms. The number of carbonyl (C=O) groups is 1. The van der Waals surface area contributed by atoms with Gasteiger partial charge in [0.25, 0.3) is 5.69 Å². The van der Waals surface area contributed by atoms with Gasteiger partial charge in [-0.05, 0) is 6.07 Å². The molecular weight excluding hydrogens is 368 g/mol. The maximum atomic E-state index is 12.5. The Labute approximate surface area is 160 Å². The molecule has 27 heavy (non-hydrogen) atoms. The zero-order valence-electron chi connectivity index (χ0n) is 14.7. The number of amides is 1. The highest BCUT2D eigenvalue weighted by Gasteiger charge is 2.25. The minimum absolute atomic E-state index is 0.0235. The molecule has 2 heterocycles. The fraction of sp³-hybridized carbons (Fsp3) is 0.353. The van der Waals surface area contributed by atoms with E-state index in [0.29, 0.717) is 43.6 Å². The molecule has 1 amide bonds. The summed E-state index contributed by atoms with van der Waals surface area (Å²) in [6.45, 7) is 6.47. The molecule has 1 aliphatic heterocycles. The molecule has 9 nitrogen and oxygen atoms in total. The van der Waals surface area contributed by atoms with E-state index in [9.17, 15) is 14.9 Å². The summed E-state index contributed by atoms with van der Waals surface area (Å²) >= 11 is 1.35. The number of nitrogens with zero attached hydrogens (tertiary/aromatic N) is 6. The van der Waals surface area contributed by atoms with Crippen molar-refractivity contribution in [3.05, 3.63) is 53.4 Å². The average Bonchev–Trinajstić information content (AvgIpc) is 3.13. The number of hydrogen-bond donors (Lipinski definition) is 0. The van der Waals surface area contributed by atoms with Crippen LogP contribution in [0.15, 0.2) is 48.4 Å². The highest BCUT2D eigenvalue weighted by Crippen LogP contribution is 2.28. The number of benzene rings is 1. The molecule has 0 unspecified atom stereocenters. The van der Waals surface area contributed by atoms with E-state index in [1.54, 1.807) is 35.5 Å². The zero-order valence-corrected chi connectivity index (χ0v) is 15.5. The van der Waals surface area contributed by atoms with Crippen molar-refractivity contribution in [1.82, 2.24) is 19.7 Å². The first-order chi connectivity index (χ1) is 13.1. The molecular formula is C17H20N6O3S. The maximum absolute atomic E-state index is 12.5. The van der Waals surface area contributed by atoms with Gasteiger partial charge < -0.3 is 14.4 Å². The van der Waals surface area contributed by atoms with Crippen molar-refractivity contribution in [2.45, 2.75) is 11.7 Å². The fourth-order valence-corrected chi connectivity index (χ4v) is 3.75. The van der Waals surface area contributed by atoms with E-state index >= 15 is 0 Å². The monoisotopic (exact) mass is 388 g/mol. The minimum Gasteiger partial charge on any atom is -0.362 e. The van der Waals surface area contributed by atoms with Crippen LogP contribution in [-0.2, 0) is 11.3 Å². The molecule has 0 spiro atoms. The molecule has 1 saturated heterocycles. The van der Waals surface area contributed by atoms with Crippen LogP contribution in [0.25, 0.3) is 0 Å². The number of allylic oxidation sites excluding steroid dienone is 1. The Morgan fingerprint density at radius 3 is 2.74 bits per heavy atom. The average molecular weight is 388 g/mol. The predicted molar refractivity (Wildman–Crippen MR) is 103 cm³/mol. The van der Waals surface area contributed by atoms with Crippen LogP contribution in [0, 0.1) is 10.1 Å². The summed E-state index contributed by atoms with van der Waals surface area (Å²) in [7, 11) is 0. The van der Waals surface area contributed by atoms with Gasteiger partial charge in [-0.15, -0.1) is 16.8 Å². The van der Waals surface area contributed by atoms with Gasteiger partial charge in [-0.1, -0.05) is 30.0 Å². The number of aromatic nitrogens is 3. The van der Waals surface area contributed by atoms with Crippen LogP contribution in [-0.4, -0.2) is 62.4 Å². The molecule has 0 N–H and O–H groups in total. The van der Waals surface area contributed by atoms with Gasteiger partial charge in [-0.2, -0.15) is 0 Å². The van der Waals surface area contributed by atoms with Gasteiger partial charge in [0, 0.05) is 38.8 Å². The molecule has 0 atom stereocenters. The smallest absolute Gasteiger partial charge is 0.292 e. The number of hydrogen-bond acceptors (Lipinski definition) is 7. The van der Waals surface area contributed by atoms with Crippen LogP contribution >= 0.6 is 11.8 Å². The summed E-state index contributed by atoms with van der Waals surface area (Å²) < 4.78 is 1.83. The summed E-state index contributed by atoms with van der Waals surface area (Å²) in [5.74, 6) is 0.303. The van der Waals surface area contributed by atoms with Crippen LogP contribution in [0.4, 0.5) is 11.4 Å². The molecule has 1 fully saturated rings. The Bertz CT molecular complexity index is 832. The molecule has 2 aromatic rings. The molecule has 1 aliphatic rings. The quantitative estimate of drug-likeness (QED) is 0.309. The predicted octanol–water partition coefficient (Wildman–Crippen LogP) is 1.81. The van der Waals surface area contributed by atoms with E-state index in [1.807, 2.05) is 9.47 Å². The minimum atomic E-state index is -0.372. The molecule has 0 radical (unpaired) electrons. The summed E-state index contributed by atoms with van der Waals surface area (Å²) in [6.07, 6.45) is 3.36. The molecule has 142 valence electrons. The number of nitro benzene ring substituents is 1. The number of rotatable bonds is 7. The van der Waals surface area contributed by atoms with Crippen LogP contribution < -0.4 is 4.90 Å². The first-order valence-electron chi connectivity index (χ1n) is 8.48. The van der Waals surface area contributed by atoms with Crippen LogP contribution in [0.2, 0.25) is 0 Å². The van der Waals surface area contributed by atoms with Crippen molar-refractivity contribution in [1.29, 1.82) is 0 Å². The lowest BCUT2D eigenvalue weighted by molar-refractivity contribution is -0.384. The van der Waals surface area contributed by atoms with Crippen LogP contribution in [0.3, 0.4) is 0 Å². The van der Waals surface area contributed by atoms with Gasteiger partial charge in [-0.25, -0.2) is 0 Å². The third-order valence-electron chi connectivity index (χ3n) is 4.28. The first-order valence-corrected chi connectivity index (χ1v) is 9.46. The Morgan fingerprint density at radius 2 is 2.04 bits per heavy atom. The normalized spacial score (nSPS) is 14.2. The zero-order chi connectivity index (χ0) is 19.2. The second-order valence-corrected chi connectivity index (χ2v) is 6.90. The standard InChI is InChI=1S/C17H20N6O3S/c1-2-7-22-13-18-19-17(22)27-12-16(24)21-10-8-20(9-11-21)14-5-3-4-6-15(14)23(25)26/h2-6,13H,1,7-12H2. The van der Waals surface area contributed by atoms with Crippen molar-refractivity contribution >= 4 is 29.0 Å². The number of anilines is 1. The number of thioether (sulfide) groups is 1. The van der Waals surface area contributed by atoms with Crippen molar-refractivity contribution in [3.8, 4) is 0 Å². The number of para-hydroxylation sites is 2. The SMILES string of the molecule is C=CCn1cnnc1SCC(=O)N1CCN(c2ccccc2[N+](=O)[O-])CC1. The number of carbonyl (C=O) groups excluding carboxylic acids is 1. The van der Waals surface area contributed by atoms with E-state index in [-0.39, 0.29) is 22.3 Å². The van der Waals surface area contributed by atoms with Crippen molar-refractivity contribution in [3.63, 3.8) is 0 Å². The lowest BCUT2D eigenvalue weighted by Crippen LogP contribution is -2.49. The van der Waals surface area contributed by atoms with Gasteiger partial charge in [0.2, 0.25) is 5.91 Å². The van der Waals surface area contributed by atoms with Gasteiger partial charge >= 0.3 is 0 Å². The summed E-state index contributed by atoms with van der Waals surface area (Å²) in [4.78, 5) is 27.0. The lowest BCUT2D eigenvalue weighted by atomic mass is 10.2. The third kappa shape index (κ3) is 4.45. The Kier molecular flexibility index (Phi) is 6.07. The second-order valence-electron chi connectivity index (χ2n) is 5.96. The highest BCUT2D eigenvalue weighted by molar-refractivity contribution is 7.99. The Hall–Kier alpha value is -2.88. The van der Waals surface area contributed by atoms with Gasteiger partial charge in [0.05, 0.1) is 10.7 Å². The van der Waals surface area contributed by atoms with E-state index in [4.69, 9.17) is 0 Å². The first kappa shape index (κ1) is 18.9. The van der Waals surface area contributed by atoms with E-state index in [1.165, 1.54) is 17.8 Å². The van der Waals surface area contributed by atoms with Gasteiger partial charge in [-0.3, -0.25) is 14.9 Å². The van der Waals surface area contributed by atoms with Crippen molar-refractivity contribution in [2.24, 2.45) is 0 Å². The van der Waals surface area contributed by atoms with E-state index in [2.05, 4.69) is 16.8 Å². The molecule has 1 aromatic carbocycles. The number of piperazine rings is 1.